The van der Waals surface area contributed by atoms with Crippen molar-refractivity contribution in [2.45, 2.75) is 44.6 Å². The molecule has 2 N–H and O–H groups in total. The fourth-order valence-corrected chi connectivity index (χ4v) is 4.05. The number of hydrogen-bond acceptors (Lipinski definition) is 3. The Balaban J connectivity index is 0.00000320. The number of rotatable bonds is 5. The van der Waals surface area contributed by atoms with Crippen LogP contribution in [-0.2, 0) is 4.79 Å². The molecule has 1 aromatic carbocycles. The van der Waals surface area contributed by atoms with Gasteiger partial charge in [-0.2, -0.15) is 0 Å². The number of amides is 1. The molecule has 0 bridgehead atoms. The molecule has 2 aliphatic rings. The van der Waals surface area contributed by atoms with Crippen molar-refractivity contribution < 1.29 is 13.6 Å². The lowest BCUT2D eigenvalue weighted by atomic mass is 9.95. The zero-order valence-corrected chi connectivity index (χ0v) is 19.8. The number of halogens is 3. The maximum absolute atomic E-state index is 14.0. The molecule has 6 nitrogen and oxygen atoms in total. The molecular formula is C21H32F2IN5O. The number of nitrogens with zero attached hydrogens (tertiary/aromatic N) is 3. The van der Waals surface area contributed by atoms with Crippen LogP contribution in [0.25, 0.3) is 0 Å². The summed E-state index contributed by atoms with van der Waals surface area (Å²) in [5.74, 6) is -0.0415. The number of carbonyl (C=O) groups is 1. The van der Waals surface area contributed by atoms with E-state index in [2.05, 4.69) is 20.5 Å². The van der Waals surface area contributed by atoms with Crippen molar-refractivity contribution in [1.29, 1.82) is 0 Å². The Kier molecular flexibility index (Phi) is 10.1. The van der Waals surface area contributed by atoms with E-state index in [9.17, 15) is 13.6 Å². The third-order valence-corrected chi connectivity index (χ3v) is 5.65. The predicted octanol–water partition coefficient (Wildman–Crippen LogP) is 3.12. The van der Waals surface area contributed by atoms with Crippen molar-refractivity contribution in [3.05, 3.63) is 29.8 Å². The van der Waals surface area contributed by atoms with Crippen molar-refractivity contribution in [3.8, 4) is 0 Å². The minimum absolute atomic E-state index is 0. The molecular weight excluding hydrogens is 503 g/mol. The van der Waals surface area contributed by atoms with Gasteiger partial charge in [0.1, 0.15) is 11.6 Å². The third kappa shape index (κ3) is 6.95. The van der Waals surface area contributed by atoms with Crippen LogP contribution in [0.2, 0.25) is 0 Å². The number of hydrogen-bond donors (Lipinski definition) is 2. The molecule has 0 aromatic heterocycles. The van der Waals surface area contributed by atoms with Crippen molar-refractivity contribution in [1.82, 2.24) is 15.5 Å². The van der Waals surface area contributed by atoms with E-state index in [0.29, 0.717) is 50.9 Å². The van der Waals surface area contributed by atoms with E-state index in [4.69, 9.17) is 0 Å². The van der Waals surface area contributed by atoms with Gasteiger partial charge in [-0.25, -0.2) is 8.78 Å². The highest BCUT2D eigenvalue weighted by Crippen LogP contribution is 2.22. The first-order chi connectivity index (χ1) is 14.1. The van der Waals surface area contributed by atoms with Gasteiger partial charge in [-0.3, -0.25) is 9.79 Å². The molecule has 1 aromatic rings. The Hall–Kier alpha value is -1.65. The lowest BCUT2D eigenvalue weighted by Gasteiger charge is -2.37. The van der Waals surface area contributed by atoms with Crippen molar-refractivity contribution in [2.75, 3.05) is 44.7 Å². The van der Waals surface area contributed by atoms with Gasteiger partial charge in [0.05, 0.1) is 5.69 Å². The standard InChI is InChI=1S/C21H31F2N5O.HI/c1-24-21(25-10-9-20(29)26-17-5-3-2-4-6-17)28-13-11-27(12-14-28)19-15-16(22)7-8-18(19)23;/h7-8,15,17H,2-6,9-14H2,1H3,(H,24,25)(H,26,29);1H. The van der Waals surface area contributed by atoms with Gasteiger partial charge in [0.25, 0.3) is 0 Å². The normalized spacial score (nSPS) is 18.0. The summed E-state index contributed by atoms with van der Waals surface area (Å²) in [6.45, 7) is 2.95. The topological polar surface area (TPSA) is 60.0 Å². The van der Waals surface area contributed by atoms with E-state index < -0.39 is 11.6 Å². The third-order valence-electron chi connectivity index (χ3n) is 5.65. The minimum atomic E-state index is -0.437. The summed E-state index contributed by atoms with van der Waals surface area (Å²) < 4.78 is 27.4. The van der Waals surface area contributed by atoms with Gasteiger partial charge in [-0.1, -0.05) is 19.3 Å². The number of guanidine groups is 1. The number of anilines is 1. The molecule has 0 radical (unpaired) electrons. The highest BCUT2D eigenvalue weighted by molar-refractivity contribution is 14.0. The van der Waals surface area contributed by atoms with Crippen LogP contribution in [0.15, 0.2) is 23.2 Å². The van der Waals surface area contributed by atoms with Gasteiger partial charge in [0.15, 0.2) is 5.96 Å². The zero-order valence-electron chi connectivity index (χ0n) is 17.5. The highest BCUT2D eigenvalue weighted by Gasteiger charge is 2.22. The van der Waals surface area contributed by atoms with E-state index in [0.717, 1.165) is 30.9 Å². The number of benzene rings is 1. The lowest BCUT2D eigenvalue weighted by molar-refractivity contribution is -0.121. The first-order valence-electron chi connectivity index (χ1n) is 10.5. The zero-order chi connectivity index (χ0) is 20.6. The molecule has 1 saturated carbocycles. The molecule has 0 unspecified atom stereocenters. The fourth-order valence-electron chi connectivity index (χ4n) is 4.05. The maximum Gasteiger partial charge on any atom is 0.221 e. The van der Waals surface area contributed by atoms with Gasteiger partial charge in [-0.15, -0.1) is 24.0 Å². The van der Waals surface area contributed by atoms with Crippen LogP contribution in [-0.4, -0.2) is 62.6 Å². The Bertz CT molecular complexity index is 719. The van der Waals surface area contributed by atoms with E-state index in [1.807, 2.05) is 4.90 Å². The average Bonchev–Trinajstić information content (AvgIpc) is 2.74. The number of carbonyl (C=O) groups excluding carboxylic acids is 1. The Morgan fingerprint density at radius 3 is 2.50 bits per heavy atom. The summed E-state index contributed by atoms with van der Waals surface area (Å²) in [6.07, 6.45) is 6.23. The molecule has 3 rings (SSSR count). The summed E-state index contributed by atoms with van der Waals surface area (Å²) in [7, 11) is 1.71. The number of aliphatic imine (C=N–C) groups is 1. The monoisotopic (exact) mass is 535 g/mol. The van der Waals surface area contributed by atoms with Crippen LogP contribution in [0.5, 0.6) is 0 Å². The van der Waals surface area contributed by atoms with E-state index in [1.54, 1.807) is 7.05 Å². The van der Waals surface area contributed by atoms with Crippen LogP contribution >= 0.6 is 24.0 Å². The smallest absolute Gasteiger partial charge is 0.221 e. The Morgan fingerprint density at radius 2 is 1.83 bits per heavy atom. The summed E-state index contributed by atoms with van der Waals surface area (Å²) in [5, 5.41) is 6.36. The minimum Gasteiger partial charge on any atom is -0.366 e. The second kappa shape index (κ2) is 12.3. The molecule has 0 atom stereocenters. The molecule has 1 aliphatic carbocycles. The van der Waals surface area contributed by atoms with E-state index >= 15 is 0 Å². The van der Waals surface area contributed by atoms with Crippen LogP contribution in [0.4, 0.5) is 14.5 Å². The van der Waals surface area contributed by atoms with Crippen molar-refractivity contribution in [2.24, 2.45) is 4.99 Å². The van der Waals surface area contributed by atoms with Gasteiger partial charge in [-0.05, 0) is 25.0 Å². The second-order valence-corrected chi connectivity index (χ2v) is 7.70. The Labute approximate surface area is 194 Å². The Morgan fingerprint density at radius 1 is 1.13 bits per heavy atom. The van der Waals surface area contributed by atoms with Crippen LogP contribution in [0.3, 0.4) is 0 Å². The number of nitrogens with one attached hydrogen (secondary N) is 2. The van der Waals surface area contributed by atoms with Crippen LogP contribution in [0, 0.1) is 11.6 Å². The van der Waals surface area contributed by atoms with E-state index in [-0.39, 0.29) is 29.9 Å². The molecule has 1 amide bonds. The first kappa shape index (κ1) is 24.6. The summed E-state index contributed by atoms with van der Waals surface area (Å²) >= 11 is 0. The van der Waals surface area contributed by atoms with Gasteiger partial charge >= 0.3 is 0 Å². The van der Waals surface area contributed by atoms with Crippen molar-refractivity contribution >= 4 is 41.5 Å². The quantitative estimate of drug-likeness (QED) is 0.346. The fraction of sp³-hybridized carbons (Fsp3) is 0.619. The SMILES string of the molecule is CN=C(NCCC(=O)NC1CCCCC1)N1CCN(c2cc(F)ccc2F)CC1.I. The molecule has 2 fully saturated rings. The predicted molar refractivity (Wildman–Crippen MR) is 127 cm³/mol. The molecule has 1 heterocycles. The summed E-state index contributed by atoms with van der Waals surface area (Å²) in [6, 6.07) is 3.86. The first-order valence-corrected chi connectivity index (χ1v) is 10.5. The molecule has 30 heavy (non-hydrogen) atoms. The largest absolute Gasteiger partial charge is 0.366 e. The summed E-state index contributed by atoms with van der Waals surface area (Å²) in [5.41, 5.74) is 0.298. The molecule has 1 saturated heterocycles. The lowest BCUT2D eigenvalue weighted by Crippen LogP contribution is -2.53. The number of piperazine rings is 1. The molecule has 168 valence electrons. The average molecular weight is 535 g/mol. The van der Waals surface area contributed by atoms with Gasteiger partial charge in [0, 0.05) is 58.3 Å². The van der Waals surface area contributed by atoms with Crippen LogP contribution < -0.4 is 15.5 Å². The highest BCUT2D eigenvalue weighted by atomic mass is 127. The second-order valence-electron chi connectivity index (χ2n) is 7.70. The van der Waals surface area contributed by atoms with Gasteiger partial charge < -0.3 is 20.4 Å². The molecule has 1 aliphatic heterocycles. The van der Waals surface area contributed by atoms with Crippen molar-refractivity contribution in [3.63, 3.8) is 0 Å². The maximum atomic E-state index is 14.0. The van der Waals surface area contributed by atoms with Gasteiger partial charge in [0.2, 0.25) is 5.91 Å². The molecule has 0 spiro atoms. The van der Waals surface area contributed by atoms with E-state index in [1.165, 1.54) is 25.3 Å². The summed E-state index contributed by atoms with van der Waals surface area (Å²) in [4.78, 5) is 20.4. The molecule has 9 heteroatoms. The van der Waals surface area contributed by atoms with Crippen LogP contribution in [0.1, 0.15) is 38.5 Å².